The van der Waals surface area contributed by atoms with Gasteiger partial charge in [0.15, 0.2) is 0 Å². The van der Waals surface area contributed by atoms with Crippen molar-refractivity contribution >= 4 is 27.6 Å². The lowest BCUT2D eigenvalue weighted by molar-refractivity contribution is -0.138. The van der Waals surface area contributed by atoms with Gasteiger partial charge < -0.3 is 15.7 Å². The van der Waals surface area contributed by atoms with Gasteiger partial charge in [-0.25, -0.2) is 4.79 Å². The Morgan fingerprint density at radius 1 is 1.47 bits per heavy atom. The molecule has 0 aliphatic heterocycles. The number of carbonyl (C=O) groups is 1. The lowest BCUT2D eigenvalue weighted by Gasteiger charge is -2.14. The van der Waals surface area contributed by atoms with Gasteiger partial charge in [-0.2, -0.15) is 13.2 Å². The molecule has 1 unspecified atom stereocenters. The molecule has 106 valence electrons. The third kappa shape index (κ3) is 4.71. The summed E-state index contributed by atoms with van der Waals surface area (Å²) >= 11 is 2.80. The molecule has 1 aromatic carbocycles. The number of aliphatic hydroxyl groups is 1. The molecule has 0 saturated carbocycles. The SMILES string of the molecule is CC(CO)NC(=O)Nc1ccc(Br)c(C(F)(F)F)c1. The highest BCUT2D eigenvalue weighted by Gasteiger charge is 2.33. The largest absolute Gasteiger partial charge is 0.417 e. The summed E-state index contributed by atoms with van der Waals surface area (Å²) in [6.07, 6.45) is -4.51. The van der Waals surface area contributed by atoms with Gasteiger partial charge in [-0.1, -0.05) is 15.9 Å². The van der Waals surface area contributed by atoms with Gasteiger partial charge in [0.25, 0.3) is 0 Å². The molecule has 0 aromatic heterocycles. The molecular formula is C11H12BrF3N2O2. The minimum absolute atomic E-state index is 0.0122. The van der Waals surface area contributed by atoms with Crippen LogP contribution in [0.2, 0.25) is 0 Å². The average molecular weight is 341 g/mol. The average Bonchev–Trinajstić information content (AvgIpc) is 2.29. The molecule has 0 saturated heterocycles. The lowest BCUT2D eigenvalue weighted by Crippen LogP contribution is -2.38. The summed E-state index contributed by atoms with van der Waals surface area (Å²) in [7, 11) is 0. The number of nitrogens with one attached hydrogen (secondary N) is 2. The second-order valence-electron chi connectivity index (χ2n) is 3.87. The Bertz CT molecular complexity index is 466. The van der Waals surface area contributed by atoms with Crippen LogP contribution in [0.1, 0.15) is 12.5 Å². The van der Waals surface area contributed by atoms with E-state index >= 15 is 0 Å². The van der Waals surface area contributed by atoms with Crippen molar-refractivity contribution in [3.63, 3.8) is 0 Å². The van der Waals surface area contributed by atoms with Gasteiger partial charge in [0, 0.05) is 10.2 Å². The molecule has 0 aliphatic rings. The van der Waals surface area contributed by atoms with Crippen molar-refractivity contribution in [3.05, 3.63) is 28.2 Å². The Hall–Kier alpha value is -1.28. The molecule has 0 aliphatic carbocycles. The van der Waals surface area contributed by atoms with Crippen LogP contribution in [-0.4, -0.2) is 23.8 Å². The van der Waals surface area contributed by atoms with E-state index in [9.17, 15) is 18.0 Å². The van der Waals surface area contributed by atoms with Gasteiger partial charge in [-0.3, -0.25) is 0 Å². The fourth-order valence-corrected chi connectivity index (χ4v) is 1.73. The van der Waals surface area contributed by atoms with E-state index in [-0.39, 0.29) is 16.8 Å². The quantitative estimate of drug-likeness (QED) is 0.792. The number of anilines is 1. The first-order chi connectivity index (χ1) is 8.74. The summed E-state index contributed by atoms with van der Waals surface area (Å²) in [5, 5.41) is 13.4. The van der Waals surface area contributed by atoms with Gasteiger partial charge in [-0.15, -0.1) is 0 Å². The fourth-order valence-electron chi connectivity index (χ4n) is 1.26. The van der Waals surface area contributed by atoms with Crippen LogP contribution in [0.3, 0.4) is 0 Å². The van der Waals surface area contributed by atoms with Crippen molar-refractivity contribution in [2.45, 2.75) is 19.1 Å². The highest BCUT2D eigenvalue weighted by atomic mass is 79.9. The summed E-state index contributed by atoms with van der Waals surface area (Å²) in [5.74, 6) is 0. The second-order valence-corrected chi connectivity index (χ2v) is 4.73. The number of urea groups is 1. The molecule has 1 rings (SSSR count). The zero-order chi connectivity index (χ0) is 14.6. The predicted molar refractivity (Wildman–Crippen MR) is 67.8 cm³/mol. The normalized spacial score (nSPS) is 12.9. The second kappa shape index (κ2) is 6.25. The van der Waals surface area contributed by atoms with Crippen LogP contribution in [0.15, 0.2) is 22.7 Å². The summed E-state index contributed by atoms with van der Waals surface area (Å²) in [5.41, 5.74) is -0.862. The lowest BCUT2D eigenvalue weighted by atomic mass is 10.2. The van der Waals surface area contributed by atoms with Gasteiger partial charge in [0.2, 0.25) is 0 Å². The number of amides is 2. The fraction of sp³-hybridized carbons (Fsp3) is 0.364. The van der Waals surface area contributed by atoms with Crippen LogP contribution in [0, 0.1) is 0 Å². The van der Waals surface area contributed by atoms with Gasteiger partial charge >= 0.3 is 12.2 Å². The molecule has 3 N–H and O–H groups in total. The van der Waals surface area contributed by atoms with Gasteiger partial charge in [0.1, 0.15) is 0 Å². The molecule has 8 heteroatoms. The third-order valence-corrected chi connectivity index (χ3v) is 2.87. The first kappa shape index (κ1) is 15.8. The van der Waals surface area contributed by atoms with E-state index in [0.717, 1.165) is 6.07 Å². The van der Waals surface area contributed by atoms with E-state index < -0.39 is 23.8 Å². The molecule has 1 atom stereocenters. The summed E-state index contributed by atoms with van der Waals surface area (Å²) in [4.78, 5) is 11.4. The van der Waals surface area contributed by atoms with Crippen LogP contribution in [-0.2, 0) is 6.18 Å². The first-order valence-electron chi connectivity index (χ1n) is 5.29. The third-order valence-electron chi connectivity index (χ3n) is 2.18. The number of rotatable bonds is 3. The molecule has 0 heterocycles. The molecule has 4 nitrogen and oxygen atoms in total. The number of hydrogen-bond acceptors (Lipinski definition) is 2. The zero-order valence-electron chi connectivity index (χ0n) is 9.88. The number of benzene rings is 1. The summed E-state index contributed by atoms with van der Waals surface area (Å²) in [6.45, 7) is 1.30. The van der Waals surface area contributed by atoms with Crippen LogP contribution in [0.4, 0.5) is 23.7 Å². The molecule has 19 heavy (non-hydrogen) atoms. The highest BCUT2D eigenvalue weighted by Crippen LogP contribution is 2.36. The van der Waals surface area contributed by atoms with E-state index in [1.54, 1.807) is 6.92 Å². The number of aliphatic hydroxyl groups excluding tert-OH is 1. The monoisotopic (exact) mass is 340 g/mol. The Labute approximate surface area is 116 Å². The molecule has 2 amide bonds. The smallest absolute Gasteiger partial charge is 0.394 e. The standard InChI is InChI=1S/C11H12BrF3N2O2/c1-6(5-18)16-10(19)17-7-2-3-9(12)8(4-7)11(13,14)15/h2-4,6,18H,5H2,1H3,(H2,16,17,19). The van der Waals surface area contributed by atoms with Gasteiger partial charge in [-0.05, 0) is 25.1 Å². The van der Waals surface area contributed by atoms with E-state index in [2.05, 4.69) is 26.6 Å². The van der Waals surface area contributed by atoms with E-state index in [0.29, 0.717) is 0 Å². The van der Waals surface area contributed by atoms with Crippen LogP contribution in [0.5, 0.6) is 0 Å². The van der Waals surface area contributed by atoms with Crippen molar-refractivity contribution in [1.82, 2.24) is 5.32 Å². The maximum absolute atomic E-state index is 12.6. The number of alkyl halides is 3. The molecule has 1 aromatic rings. The number of halogens is 4. The van der Waals surface area contributed by atoms with Crippen molar-refractivity contribution in [2.75, 3.05) is 11.9 Å². The maximum atomic E-state index is 12.6. The van der Waals surface area contributed by atoms with Crippen molar-refractivity contribution in [3.8, 4) is 0 Å². The van der Waals surface area contributed by atoms with Crippen molar-refractivity contribution in [1.29, 1.82) is 0 Å². The van der Waals surface area contributed by atoms with E-state index in [4.69, 9.17) is 5.11 Å². The number of carbonyl (C=O) groups excluding carboxylic acids is 1. The zero-order valence-corrected chi connectivity index (χ0v) is 11.5. The first-order valence-corrected chi connectivity index (χ1v) is 6.08. The number of hydrogen-bond donors (Lipinski definition) is 3. The Morgan fingerprint density at radius 3 is 2.63 bits per heavy atom. The molecule has 0 spiro atoms. The Morgan fingerprint density at radius 2 is 2.11 bits per heavy atom. The van der Waals surface area contributed by atoms with E-state index in [1.807, 2.05) is 0 Å². The van der Waals surface area contributed by atoms with Gasteiger partial charge in [0.05, 0.1) is 18.2 Å². The van der Waals surface area contributed by atoms with Crippen molar-refractivity contribution < 1.29 is 23.1 Å². The predicted octanol–water partition coefficient (Wildman–Crippen LogP) is 2.97. The molecule has 0 bridgehead atoms. The Balaban J connectivity index is 2.83. The highest BCUT2D eigenvalue weighted by molar-refractivity contribution is 9.10. The molecule has 0 radical (unpaired) electrons. The Kier molecular flexibility index (Phi) is 5.19. The van der Waals surface area contributed by atoms with Crippen LogP contribution < -0.4 is 10.6 Å². The minimum atomic E-state index is -4.51. The molecule has 0 fully saturated rings. The topological polar surface area (TPSA) is 61.4 Å². The summed E-state index contributed by atoms with van der Waals surface area (Å²) < 4.78 is 37.8. The van der Waals surface area contributed by atoms with Crippen molar-refractivity contribution in [2.24, 2.45) is 0 Å². The maximum Gasteiger partial charge on any atom is 0.417 e. The van der Waals surface area contributed by atoms with Crippen LogP contribution in [0.25, 0.3) is 0 Å². The molecular weight excluding hydrogens is 329 g/mol. The summed E-state index contributed by atoms with van der Waals surface area (Å²) in [6, 6.07) is 2.19. The van der Waals surface area contributed by atoms with E-state index in [1.165, 1.54) is 12.1 Å². The minimum Gasteiger partial charge on any atom is -0.394 e. The van der Waals surface area contributed by atoms with Crippen LogP contribution >= 0.6 is 15.9 Å².